The number of nitrogens with one attached hydrogen (secondary N) is 1. The largest absolute Gasteiger partial charge is 0.346 e. The van der Waals surface area contributed by atoms with Gasteiger partial charge in [0, 0.05) is 12.3 Å². The van der Waals surface area contributed by atoms with Crippen molar-refractivity contribution in [2.24, 2.45) is 0 Å². The molecule has 0 saturated heterocycles. The normalized spacial score (nSPS) is 15.4. The molecule has 0 saturated carbocycles. The molecule has 4 rings (SSSR count). The summed E-state index contributed by atoms with van der Waals surface area (Å²) in [6, 6.07) is 16.0. The second-order valence-corrected chi connectivity index (χ2v) is 6.94. The number of aryl methyl sites for hydroxylation is 2. The number of fused-ring (bicyclic) bond motifs is 1. The molecule has 28 heavy (non-hydrogen) atoms. The van der Waals surface area contributed by atoms with Crippen LogP contribution in [0.3, 0.4) is 0 Å². The van der Waals surface area contributed by atoms with Gasteiger partial charge < -0.3 is 9.88 Å². The van der Waals surface area contributed by atoms with Crippen LogP contribution in [-0.4, -0.2) is 15.5 Å². The summed E-state index contributed by atoms with van der Waals surface area (Å²) in [5, 5.41) is 12.6. The number of imidazole rings is 1. The summed E-state index contributed by atoms with van der Waals surface area (Å²) >= 11 is 0. The van der Waals surface area contributed by atoms with Crippen molar-refractivity contribution in [1.82, 2.24) is 14.9 Å². The van der Waals surface area contributed by atoms with Gasteiger partial charge in [0.1, 0.15) is 6.07 Å². The van der Waals surface area contributed by atoms with Crippen molar-refractivity contribution >= 4 is 12.0 Å². The van der Waals surface area contributed by atoms with Crippen molar-refractivity contribution < 1.29 is 4.79 Å². The van der Waals surface area contributed by atoms with E-state index in [1.807, 2.05) is 42.0 Å². The van der Waals surface area contributed by atoms with Crippen LogP contribution in [0.25, 0.3) is 11.8 Å². The van der Waals surface area contributed by atoms with Gasteiger partial charge in [-0.05, 0) is 54.7 Å². The molecule has 1 aliphatic rings. The highest BCUT2D eigenvalue weighted by Gasteiger charge is 2.22. The van der Waals surface area contributed by atoms with Crippen LogP contribution < -0.4 is 5.32 Å². The molecule has 5 nitrogen and oxygen atoms in total. The van der Waals surface area contributed by atoms with E-state index in [0.717, 1.165) is 29.8 Å². The third-order valence-electron chi connectivity index (χ3n) is 5.01. The fourth-order valence-corrected chi connectivity index (χ4v) is 3.62. The minimum Gasteiger partial charge on any atom is -0.346 e. The maximum atomic E-state index is 12.4. The van der Waals surface area contributed by atoms with Gasteiger partial charge in [0.15, 0.2) is 0 Å². The lowest BCUT2D eigenvalue weighted by molar-refractivity contribution is -0.117. The molecule has 1 unspecified atom stereocenters. The number of hydrogen-bond acceptors (Lipinski definition) is 3. The zero-order valence-corrected chi connectivity index (χ0v) is 15.6. The molecule has 1 N–H and O–H groups in total. The van der Waals surface area contributed by atoms with Gasteiger partial charge in [0.05, 0.1) is 29.3 Å². The predicted octanol–water partition coefficient (Wildman–Crippen LogP) is 3.87. The number of nitrogens with zero attached hydrogens (tertiary/aromatic N) is 3. The Morgan fingerprint density at radius 1 is 1.32 bits per heavy atom. The summed E-state index contributed by atoms with van der Waals surface area (Å²) in [4.78, 5) is 16.6. The van der Waals surface area contributed by atoms with Crippen LogP contribution in [0, 0.1) is 18.3 Å². The summed E-state index contributed by atoms with van der Waals surface area (Å²) in [7, 11) is 0. The van der Waals surface area contributed by atoms with E-state index >= 15 is 0 Å². The van der Waals surface area contributed by atoms with E-state index in [-0.39, 0.29) is 11.9 Å². The number of benzene rings is 2. The quantitative estimate of drug-likeness (QED) is 0.711. The average molecular weight is 368 g/mol. The first-order chi connectivity index (χ1) is 13.6. The van der Waals surface area contributed by atoms with Gasteiger partial charge in [-0.1, -0.05) is 30.3 Å². The van der Waals surface area contributed by atoms with Gasteiger partial charge in [-0.3, -0.25) is 4.79 Å². The highest BCUT2D eigenvalue weighted by atomic mass is 16.1. The first-order valence-electron chi connectivity index (χ1n) is 9.25. The first kappa shape index (κ1) is 17.7. The minimum absolute atomic E-state index is 0.0647. The van der Waals surface area contributed by atoms with Crippen molar-refractivity contribution in [1.29, 1.82) is 5.26 Å². The summed E-state index contributed by atoms with van der Waals surface area (Å²) in [5.74, 6) is -0.130. The number of nitriles is 1. The van der Waals surface area contributed by atoms with Crippen LogP contribution in [-0.2, 0) is 11.2 Å². The van der Waals surface area contributed by atoms with Gasteiger partial charge in [0.25, 0.3) is 0 Å². The van der Waals surface area contributed by atoms with Crippen LogP contribution in [0.4, 0.5) is 0 Å². The smallest absolute Gasteiger partial charge is 0.244 e. The topological polar surface area (TPSA) is 70.7 Å². The molecule has 3 aromatic rings. The van der Waals surface area contributed by atoms with E-state index in [9.17, 15) is 10.1 Å². The fraction of sp³-hybridized carbons (Fsp3) is 0.174. The second kappa shape index (κ2) is 7.53. The molecule has 1 aliphatic carbocycles. The summed E-state index contributed by atoms with van der Waals surface area (Å²) in [6.07, 6.45) is 8.74. The molecule has 0 aliphatic heterocycles. The Bertz CT molecular complexity index is 1100. The highest BCUT2D eigenvalue weighted by Crippen LogP contribution is 2.30. The Morgan fingerprint density at radius 3 is 2.96 bits per heavy atom. The summed E-state index contributed by atoms with van der Waals surface area (Å²) in [5.41, 5.74) is 5.51. The lowest BCUT2D eigenvalue weighted by Gasteiger charge is -2.12. The SMILES string of the molecule is Cc1cn(-c2ccc(/C=C/C(=O)NC3CCc4ccccc43)cc2C#N)cn1. The van der Waals surface area contributed by atoms with Gasteiger partial charge in [-0.2, -0.15) is 5.26 Å². The molecule has 1 atom stereocenters. The summed E-state index contributed by atoms with van der Waals surface area (Å²) in [6.45, 7) is 1.90. The molecule has 1 heterocycles. The second-order valence-electron chi connectivity index (χ2n) is 6.94. The Labute approximate surface area is 164 Å². The minimum atomic E-state index is -0.130. The number of aromatic nitrogens is 2. The number of amides is 1. The average Bonchev–Trinajstić information content (AvgIpc) is 3.33. The van der Waals surface area contributed by atoms with Crippen LogP contribution in [0.15, 0.2) is 61.1 Å². The van der Waals surface area contributed by atoms with Crippen LogP contribution in [0.2, 0.25) is 0 Å². The van der Waals surface area contributed by atoms with Crippen molar-refractivity contribution in [3.05, 3.63) is 89.0 Å². The molecule has 2 aromatic carbocycles. The fourth-order valence-electron chi connectivity index (χ4n) is 3.62. The van der Waals surface area contributed by atoms with Gasteiger partial charge in [-0.15, -0.1) is 0 Å². The highest BCUT2D eigenvalue weighted by molar-refractivity contribution is 5.92. The summed E-state index contributed by atoms with van der Waals surface area (Å²) < 4.78 is 1.83. The molecule has 5 heteroatoms. The molecule has 0 bridgehead atoms. The van der Waals surface area contributed by atoms with E-state index in [1.165, 1.54) is 17.2 Å². The predicted molar refractivity (Wildman–Crippen MR) is 108 cm³/mol. The van der Waals surface area contributed by atoms with E-state index in [1.54, 1.807) is 18.5 Å². The molecule has 1 amide bonds. The van der Waals surface area contributed by atoms with Crippen LogP contribution in [0.1, 0.15) is 40.4 Å². The van der Waals surface area contributed by atoms with E-state index < -0.39 is 0 Å². The van der Waals surface area contributed by atoms with Crippen molar-refractivity contribution in [3.63, 3.8) is 0 Å². The van der Waals surface area contributed by atoms with Crippen molar-refractivity contribution in [2.75, 3.05) is 0 Å². The van der Waals surface area contributed by atoms with Crippen LogP contribution in [0.5, 0.6) is 0 Å². The molecule has 0 fully saturated rings. The number of carbonyl (C=O) groups is 1. The Morgan fingerprint density at radius 2 is 2.18 bits per heavy atom. The number of hydrogen-bond donors (Lipinski definition) is 1. The Balaban J connectivity index is 1.47. The maximum absolute atomic E-state index is 12.4. The maximum Gasteiger partial charge on any atom is 0.244 e. The molecule has 0 spiro atoms. The zero-order valence-electron chi connectivity index (χ0n) is 15.6. The molecule has 0 radical (unpaired) electrons. The van der Waals surface area contributed by atoms with Crippen LogP contribution >= 0.6 is 0 Å². The van der Waals surface area contributed by atoms with E-state index in [0.29, 0.717) is 5.56 Å². The molecular formula is C23H20N4O. The first-order valence-corrected chi connectivity index (χ1v) is 9.25. The molecule has 138 valence electrons. The Kier molecular flexibility index (Phi) is 4.77. The lowest BCUT2D eigenvalue weighted by Crippen LogP contribution is -2.25. The molecule has 1 aromatic heterocycles. The van der Waals surface area contributed by atoms with Crippen molar-refractivity contribution in [2.45, 2.75) is 25.8 Å². The molecular weight excluding hydrogens is 348 g/mol. The number of rotatable bonds is 4. The Hall–Kier alpha value is -3.65. The standard InChI is InChI=1S/C23H20N4O/c1-16-14-27(15-25-16)22-10-6-17(12-19(22)13-24)7-11-23(28)26-21-9-8-18-4-2-3-5-20(18)21/h2-7,10-12,14-15,21H,8-9H2,1H3,(H,26,28)/b11-7+. The number of carbonyl (C=O) groups excluding carboxylic acids is 1. The van der Waals surface area contributed by atoms with Gasteiger partial charge >= 0.3 is 0 Å². The monoisotopic (exact) mass is 368 g/mol. The van der Waals surface area contributed by atoms with E-state index in [2.05, 4.69) is 28.5 Å². The van der Waals surface area contributed by atoms with Crippen molar-refractivity contribution in [3.8, 4) is 11.8 Å². The van der Waals surface area contributed by atoms with Gasteiger partial charge in [0.2, 0.25) is 5.91 Å². The lowest BCUT2D eigenvalue weighted by atomic mass is 10.1. The third kappa shape index (κ3) is 3.58. The third-order valence-corrected chi connectivity index (χ3v) is 5.01. The van der Waals surface area contributed by atoms with Gasteiger partial charge in [-0.25, -0.2) is 4.98 Å². The zero-order chi connectivity index (χ0) is 19.5. The van der Waals surface area contributed by atoms with E-state index in [4.69, 9.17) is 0 Å².